The quantitative estimate of drug-likeness (QED) is 0.269. The molecule has 4 nitrogen and oxygen atoms in total. The molecule has 0 saturated heterocycles. The predicted molar refractivity (Wildman–Crippen MR) is 16.5 cm³/mol. The molecule has 44 valence electrons. The van der Waals surface area contributed by atoms with Gasteiger partial charge in [0.25, 0.3) is 0 Å². The Morgan fingerprint density at radius 3 is 1.25 bits per heavy atom. The topological polar surface area (TPSA) is 77.8 Å². The molecule has 0 radical (unpaired) electrons. The summed E-state index contributed by atoms with van der Waals surface area (Å²) in [5, 5.41) is 0. The molecule has 0 aromatic carbocycles. The molecule has 8 heteroatoms. The molecule has 0 rings (SSSR count). The van der Waals surface area contributed by atoms with E-state index in [-0.39, 0.29) is 90.2 Å². The molecule has 0 unspecified atom stereocenters. The average molecular weight is 202 g/mol. The molecule has 0 atom stereocenters. The molecule has 3 N–H and O–H groups in total. The maximum atomic E-state index is 8.88. The van der Waals surface area contributed by atoms with E-state index in [2.05, 4.69) is 0 Å². The molecule has 0 fully saturated rings. The van der Waals surface area contributed by atoms with Gasteiger partial charge in [-0.1, -0.05) is 0 Å². The van der Waals surface area contributed by atoms with Crippen LogP contribution in [0.3, 0.4) is 0 Å². The zero-order valence-electron chi connectivity index (χ0n) is 6.55. The van der Waals surface area contributed by atoms with Crippen LogP contribution in [-0.2, 0) is 21.6 Å². The summed E-state index contributed by atoms with van der Waals surface area (Å²) < 4.78 is 8.88. The largest absolute Gasteiger partial charge is 1.00 e. The molecule has 0 aliphatic rings. The Balaban J connectivity index is -0.00000000800. The molecular formula is H5FeKLiO4P. The summed E-state index contributed by atoms with van der Waals surface area (Å²) in [7, 11) is -4.64. The molecule has 0 aliphatic heterocycles. The maximum Gasteiger partial charge on any atom is 1.00 e. The van der Waals surface area contributed by atoms with E-state index in [1.807, 2.05) is 0 Å². The third-order valence-electron chi connectivity index (χ3n) is 0. The van der Waals surface area contributed by atoms with E-state index in [9.17, 15) is 0 Å². The third kappa shape index (κ3) is 66.8. The fraction of sp³-hybridized carbons (Fsp3) is 0. The molecule has 0 heterocycles. The van der Waals surface area contributed by atoms with Crippen molar-refractivity contribution >= 4 is 7.82 Å². The Morgan fingerprint density at radius 2 is 1.25 bits per heavy atom. The molecule has 0 bridgehead atoms. The van der Waals surface area contributed by atoms with Gasteiger partial charge in [0.2, 0.25) is 0 Å². The number of hydrogen-bond acceptors (Lipinski definition) is 1. The minimum absolute atomic E-state index is 0. The normalized spacial score (nSPS) is 7.38. The summed E-state index contributed by atoms with van der Waals surface area (Å²) in [5.74, 6) is 0. The standard InChI is InChI=1S/Fe.K.Li.H3O4P.2H/c;;;1-5(2,3)4;;/h;;;(H3,1,2,3,4);;/q;2*+1;;2*-1. The molecule has 0 aliphatic carbocycles. The van der Waals surface area contributed by atoms with Crippen LogP contribution >= 0.6 is 7.82 Å². The van der Waals surface area contributed by atoms with Gasteiger partial charge in [-0.3, -0.25) is 0 Å². The van der Waals surface area contributed by atoms with Crippen molar-refractivity contribution in [2.24, 2.45) is 0 Å². The van der Waals surface area contributed by atoms with E-state index in [1.54, 1.807) is 0 Å². The number of rotatable bonds is 0. The van der Waals surface area contributed by atoms with Crippen LogP contribution in [0, 0.1) is 0 Å². The molecule has 0 amide bonds. The Labute approximate surface area is 115 Å². The first kappa shape index (κ1) is 22.4. The van der Waals surface area contributed by atoms with E-state index in [4.69, 9.17) is 19.2 Å². The van der Waals surface area contributed by atoms with Gasteiger partial charge in [-0.15, -0.1) is 0 Å². The Morgan fingerprint density at radius 1 is 1.25 bits per heavy atom. The molecule has 0 aromatic heterocycles. The Kier molecular flexibility index (Phi) is 27.7. The van der Waals surface area contributed by atoms with Gasteiger partial charge < -0.3 is 17.5 Å². The van der Waals surface area contributed by atoms with Crippen molar-refractivity contribution in [2.45, 2.75) is 0 Å². The third-order valence-corrected chi connectivity index (χ3v) is 0. The van der Waals surface area contributed by atoms with E-state index in [1.165, 1.54) is 0 Å². The number of hydrogen-bond donors (Lipinski definition) is 3. The minimum Gasteiger partial charge on any atom is -1.00 e. The van der Waals surface area contributed by atoms with E-state index in [0.29, 0.717) is 0 Å². The van der Waals surface area contributed by atoms with Gasteiger partial charge in [0.15, 0.2) is 0 Å². The van der Waals surface area contributed by atoms with E-state index < -0.39 is 7.82 Å². The Bertz CT molecular complexity index is 69.4. The second-order valence-electron chi connectivity index (χ2n) is 0.513. The van der Waals surface area contributed by atoms with Crippen molar-refractivity contribution in [3.63, 3.8) is 0 Å². The van der Waals surface area contributed by atoms with Crippen molar-refractivity contribution in [3.05, 3.63) is 0 Å². The monoisotopic (exact) mass is 202 g/mol. The summed E-state index contributed by atoms with van der Waals surface area (Å²) in [6.07, 6.45) is 0. The molecule has 0 aromatic rings. The van der Waals surface area contributed by atoms with Crippen molar-refractivity contribution < 1.29 is 109 Å². The summed E-state index contributed by atoms with van der Waals surface area (Å²) in [5.41, 5.74) is 0. The summed E-state index contributed by atoms with van der Waals surface area (Å²) in [6, 6.07) is 0. The first-order chi connectivity index (χ1) is 2.00. The number of phosphoric acid groups is 1. The second kappa shape index (κ2) is 9.86. The van der Waals surface area contributed by atoms with Gasteiger partial charge >= 0.3 is 78.1 Å². The van der Waals surface area contributed by atoms with Gasteiger partial charge in [-0.25, -0.2) is 4.57 Å². The van der Waals surface area contributed by atoms with Crippen molar-refractivity contribution in [1.29, 1.82) is 0 Å². The van der Waals surface area contributed by atoms with Gasteiger partial charge in [0.1, 0.15) is 0 Å². The predicted octanol–water partition coefficient (Wildman–Crippen LogP) is -6.70. The Hall–Kier alpha value is 2.86. The van der Waals surface area contributed by atoms with Gasteiger partial charge in [-0.05, 0) is 0 Å². The summed E-state index contributed by atoms with van der Waals surface area (Å²) >= 11 is 0. The van der Waals surface area contributed by atoms with Crippen LogP contribution in [0.25, 0.3) is 0 Å². The first-order valence-corrected chi connectivity index (χ1v) is 2.35. The van der Waals surface area contributed by atoms with Crippen LogP contribution in [0.15, 0.2) is 0 Å². The smallest absolute Gasteiger partial charge is 1.00 e. The second-order valence-corrected chi connectivity index (χ2v) is 1.54. The molecule has 0 spiro atoms. The van der Waals surface area contributed by atoms with Crippen LogP contribution < -0.4 is 70.2 Å². The van der Waals surface area contributed by atoms with Crippen LogP contribution in [-0.4, -0.2) is 14.7 Å². The molecular weight excluding hydrogens is 197 g/mol. The molecule has 8 heavy (non-hydrogen) atoms. The zero-order chi connectivity index (χ0) is 4.50. The van der Waals surface area contributed by atoms with Crippen molar-refractivity contribution in [1.82, 2.24) is 0 Å². The fourth-order valence-corrected chi connectivity index (χ4v) is 0. The van der Waals surface area contributed by atoms with Crippen LogP contribution in [0.2, 0.25) is 0 Å². The average Bonchev–Trinajstić information content (AvgIpc) is 0.722. The van der Waals surface area contributed by atoms with Crippen molar-refractivity contribution in [2.75, 3.05) is 0 Å². The first-order valence-electron chi connectivity index (χ1n) is 0.783. The van der Waals surface area contributed by atoms with Crippen molar-refractivity contribution in [3.8, 4) is 0 Å². The summed E-state index contributed by atoms with van der Waals surface area (Å²) in [4.78, 5) is 21.6. The maximum absolute atomic E-state index is 8.88. The van der Waals surface area contributed by atoms with Crippen LogP contribution in [0.5, 0.6) is 0 Å². The molecule has 0 saturated carbocycles. The van der Waals surface area contributed by atoms with E-state index >= 15 is 0 Å². The summed E-state index contributed by atoms with van der Waals surface area (Å²) in [6.45, 7) is 0. The van der Waals surface area contributed by atoms with Gasteiger partial charge in [-0.2, -0.15) is 0 Å². The van der Waals surface area contributed by atoms with Gasteiger partial charge in [0.05, 0.1) is 0 Å². The SMILES string of the molecule is O=P(O)(O)O.[Fe].[H-].[H-].[K+].[Li+]. The zero-order valence-corrected chi connectivity index (χ0v) is 9.67. The van der Waals surface area contributed by atoms with Crippen LogP contribution in [0.4, 0.5) is 0 Å². The van der Waals surface area contributed by atoms with E-state index in [0.717, 1.165) is 0 Å². The fourth-order valence-electron chi connectivity index (χ4n) is 0. The van der Waals surface area contributed by atoms with Crippen LogP contribution in [0.1, 0.15) is 2.85 Å². The minimum atomic E-state index is -4.64. The van der Waals surface area contributed by atoms with Gasteiger partial charge in [0, 0.05) is 17.1 Å².